The summed E-state index contributed by atoms with van der Waals surface area (Å²) < 4.78 is 21.4. The molecule has 0 saturated carbocycles. The zero-order valence-electron chi connectivity index (χ0n) is 16.5. The molecular formula is C21H20N2O7. The normalized spacial score (nSPS) is 12.0. The van der Waals surface area contributed by atoms with Gasteiger partial charge >= 0.3 is 11.9 Å². The van der Waals surface area contributed by atoms with Crippen molar-refractivity contribution >= 4 is 29.1 Å². The fraction of sp³-hybridized carbons (Fsp3) is 0.190. The van der Waals surface area contributed by atoms with Crippen LogP contribution in [0.4, 0.5) is 0 Å². The van der Waals surface area contributed by atoms with Gasteiger partial charge in [0.2, 0.25) is 0 Å². The van der Waals surface area contributed by atoms with Crippen LogP contribution in [0.5, 0.6) is 17.2 Å². The first-order valence-corrected chi connectivity index (χ1v) is 8.90. The SMILES string of the molecule is COc1cc(/C=N\NC(=O)c2cc3cccc(OC)c3o2)ccc1O[C@H](C)C(=O)O. The fourth-order valence-corrected chi connectivity index (χ4v) is 2.63. The minimum atomic E-state index is -1.09. The van der Waals surface area contributed by atoms with Crippen LogP contribution in [0.1, 0.15) is 23.0 Å². The molecule has 9 nitrogen and oxygen atoms in total. The number of rotatable bonds is 8. The Hall–Kier alpha value is -4.01. The van der Waals surface area contributed by atoms with Crippen molar-refractivity contribution in [2.45, 2.75) is 13.0 Å². The lowest BCUT2D eigenvalue weighted by molar-refractivity contribution is -0.144. The second kappa shape index (κ2) is 8.99. The highest BCUT2D eigenvalue weighted by atomic mass is 16.5. The van der Waals surface area contributed by atoms with Gasteiger partial charge in [-0.15, -0.1) is 0 Å². The van der Waals surface area contributed by atoms with Crippen LogP contribution in [0.25, 0.3) is 11.0 Å². The highest BCUT2D eigenvalue weighted by Gasteiger charge is 2.16. The van der Waals surface area contributed by atoms with Gasteiger partial charge in [0.05, 0.1) is 20.4 Å². The van der Waals surface area contributed by atoms with E-state index in [1.807, 2.05) is 6.07 Å². The van der Waals surface area contributed by atoms with E-state index in [1.165, 1.54) is 27.4 Å². The van der Waals surface area contributed by atoms with Crippen LogP contribution in [0.2, 0.25) is 0 Å². The van der Waals surface area contributed by atoms with E-state index >= 15 is 0 Å². The van der Waals surface area contributed by atoms with Crippen molar-refractivity contribution in [3.05, 3.63) is 53.8 Å². The first kappa shape index (κ1) is 20.7. The molecule has 0 bridgehead atoms. The number of aliphatic carboxylic acids is 1. The number of hydrazone groups is 1. The molecule has 1 amide bonds. The quantitative estimate of drug-likeness (QED) is 0.431. The highest BCUT2D eigenvalue weighted by molar-refractivity contribution is 5.97. The lowest BCUT2D eigenvalue weighted by Gasteiger charge is -2.13. The molecule has 1 atom stereocenters. The largest absolute Gasteiger partial charge is 0.493 e. The number of hydrogen-bond donors (Lipinski definition) is 2. The summed E-state index contributed by atoms with van der Waals surface area (Å²) in [6.07, 6.45) is 0.383. The number of ether oxygens (including phenoxy) is 3. The zero-order valence-corrected chi connectivity index (χ0v) is 16.5. The van der Waals surface area contributed by atoms with Crippen molar-refractivity contribution in [3.8, 4) is 17.2 Å². The van der Waals surface area contributed by atoms with E-state index in [-0.39, 0.29) is 11.5 Å². The van der Waals surface area contributed by atoms with E-state index in [2.05, 4.69) is 10.5 Å². The molecule has 0 radical (unpaired) electrons. The summed E-state index contributed by atoms with van der Waals surface area (Å²) in [5.41, 5.74) is 3.47. The number of carboxylic acid groups (broad SMARTS) is 1. The molecule has 30 heavy (non-hydrogen) atoms. The summed E-state index contributed by atoms with van der Waals surface area (Å²) in [6.45, 7) is 1.42. The fourth-order valence-electron chi connectivity index (χ4n) is 2.63. The molecule has 0 saturated heterocycles. The van der Waals surface area contributed by atoms with Crippen molar-refractivity contribution in [3.63, 3.8) is 0 Å². The van der Waals surface area contributed by atoms with Crippen molar-refractivity contribution in [2.24, 2.45) is 5.10 Å². The van der Waals surface area contributed by atoms with Crippen LogP contribution in [-0.4, -0.2) is 43.5 Å². The number of nitrogens with one attached hydrogen (secondary N) is 1. The maximum Gasteiger partial charge on any atom is 0.344 e. The molecule has 3 rings (SSSR count). The molecule has 0 fully saturated rings. The van der Waals surface area contributed by atoms with E-state index in [0.29, 0.717) is 22.6 Å². The highest BCUT2D eigenvalue weighted by Crippen LogP contribution is 2.29. The number of amides is 1. The van der Waals surface area contributed by atoms with Gasteiger partial charge in [0.1, 0.15) is 0 Å². The second-order valence-electron chi connectivity index (χ2n) is 6.20. The summed E-state index contributed by atoms with van der Waals surface area (Å²) in [7, 11) is 2.96. The van der Waals surface area contributed by atoms with Crippen LogP contribution in [0, 0.1) is 0 Å². The predicted molar refractivity (Wildman–Crippen MR) is 109 cm³/mol. The number of benzene rings is 2. The minimum absolute atomic E-state index is 0.0932. The van der Waals surface area contributed by atoms with Gasteiger partial charge in [0.25, 0.3) is 0 Å². The summed E-state index contributed by atoms with van der Waals surface area (Å²) in [5.74, 6) is -0.370. The number of methoxy groups -OCH3 is 2. The third-order valence-corrected chi connectivity index (χ3v) is 4.17. The molecule has 0 aliphatic heterocycles. The molecule has 1 heterocycles. The van der Waals surface area contributed by atoms with E-state index in [0.717, 1.165) is 5.39 Å². The Morgan fingerprint density at radius 3 is 2.57 bits per heavy atom. The molecule has 156 valence electrons. The second-order valence-corrected chi connectivity index (χ2v) is 6.20. The summed E-state index contributed by atoms with van der Waals surface area (Å²) >= 11 is 0. The van der Waals surface area contributed by atoms with Crippen molar-refractivity contribution in [2.75, 3.05) is 14.2 Å². The Bertz CT molecular complexity index is 1100. The first-order chi connectivity index (χ1) is 14.4. The van der Waals surface area contributed by atoms with Crippen LogP contribution in [-0.2, 0) is 4.79 Å². The lowest BCUT2D eigenvalue weighted by Crippen LogP contribution is -2.23. The molecule has 0 spiro atoms. The average molecular weight is 412 g/mol. The van der Waals surface area contributed by atoms with E-state index in [9.17, 15) is 9.59 Å². The smallest absolute Gasteiger partial charge is 0.344 e. The topological polar surface area (TPSA) is 120 Å². The van der Waals surface area contributed by atoms with Gasteiger partial charge < -0.3 is 23.7 Å². The average Bonchev–Trinajstić information content (AvgIpc) is 3.19. The molecule has 0 unspecified atom stereocenters. The molecule has 2 N–H and O–H groups in total. The van der Waals surface area contributed by atoms with Crippen LogP contribution >= 0.6 is 0 Å². The Balaban J connectivity index is 1.70. The molecule has 3 aromatic rings. The third-order valence-electron chi connectivity index (χ3n) is 4.17. The maximum absolute atomic E-state index is 12.3. The van der Waals surface area contributed by atoms with Gasteiger partial charge in [-0.2, -0.15) is 5.10 Å². The standard InChI is InChI=1S/C21H20N2O7/c1-12(21(25)26)29-15-8-7-13(9-17(15)28-3)11-22-23-20(24)18-10-14-5-4-6-16(27-2)19(14)30-18/h4-12H,1-3H3,(H,23,24)(H,25,26)/b22-11-/t12-/m1/s1. The van der Waals surface area contributed by atoms with Crippen LogP contribution < -0.4 is 19.6 Å². The molecule has 2 aromatic carbocycles. The maximum atomic E-state index is 12.3. The van der Waals surface area contributed by atoms with Gasteiger partial charge in [0.15, 0.2) is 34.7 Å². The molecule has 0 aliphatic carbocycles. The van der Waals surface area contributed by atoms with E-state index in [4.69, 9.17) is 23.7 Å². The van der Waals surface area contributed by atoms with Gasteiger partial charge in [-0.1, -0.05) is 12.1 Å². The first-order valence-electron chi connectivity index (χ1n) is 8.90. The van der Waals surface area contributed by atoms with Crippen LogP contribution in [0.3, 0.4) is 0 Å². The predicted octanol–water partition coefficient (Wildman–Crippen LogP) is 3.07. The summed E-state index contributed by atoms with van der Waals surface area (Å²) in [5, 5.41) is 13.6. The number of carbonyl (C=O) groups excluding carboxylic acids is 1. The van der Waals surface area contributed by atoms with Crippen molar-refractivity contribution in [1.82, 2.24) is 5.43 Å². The van der Waals surface area contributed by atoms with Crippen LogP contribution in [0.15, 0.2) is 52.0 Å². The summed E-state index contributed by atoms with van der Waals surface area (Å²) in [4.78, 5) is 23.3. The van der Waals surface area contributed by atoms with Crippen molar-refractivity contribution < 1.29 is 33.3 Å². The van der Waals surface area contributed by atoms with Gasteiger partial charge in [-0.05, 0) is 42.8 Å². The van der Waals surface area contributed by atoms with E-state index < -0.39 is 18.0 Å². The number of carboxylic acids is 1. The molecule has 9 heteroatoms. The number of nitrogens with zero attached hydrogens (tertiary/aromatic N) is 1. The molecule has 1 aromatic heterocycles. The number of furan rings is 1. The number of carbonyl (C=O) groups is 2. The number of para-hydroxylation sites is 1. The third kappa shape index (κ3) is 4.52. The number of fused-ring (bicyclic) bond motifs is 1. The van der Waals surface area contributed by atoms with Gasteiger partial charge in [-0.3, -0.25) is 4.79 Å². The Kier molecular flexibility index (Phi) is 6.21. The molecular weight excluding hydrogens is 392 g/mol. The summed E-state index contributed by atoms with van der Waals surface area (Å²) in [6, 6.07) is 11.8. The Labute approximate surface area is 171 Å². The monoisotopic (exact) mass is 412 g/mol. The van der Waals surface area contributed by atoms with Crippen molar-refractivity contribution in [1.29, 1.82) is 0 Å². The molecule has 0 aliphatic rings. The number of hydrogen-bond acceptors (Lipinski definition) is 7. The Morgan fingerprint density at radius 2 is 1.87 bits per heavy atom. The Morgan fingerprint density at radius 1 is 1.10 bits per heavy atom. The van der Waals surface area contributed by atoms with E-state index in [1.54, 1.807) is 36.4 Å². The lowest BCUT2D eigenvalue weighted by atomic mass is 10.2. The minimum Gasteiger partial charge on any atom is -0.493 e. The van der Waals surface area contributed by atoms with Gasteiger partial charge in [0, 0.05) is 5.39 Å². The van der Waals surface area contributed by atoms with Gasteiger partial charge in [-0.25, -0.2) is 10.2 Å². The zero-order chi connectivity index (χ0) is 21.7.